The summed E-state index contributed by atoms with van der Waals surface area (Å²) in [6, 6.07) is 0. The average Bonchev–Trinajstić information content (AvgIpc) is 1.97. The second-order valence-electron chi connectivity index (χ2n) is 3.67. The molecule has 0 heterocycles. The van der Waals surface area contributed by atoms with Gasteiger partial charge in [-0.2, -0.15) is 0 Å². The van der Waals surface area contributed by atoms with Crippen LogP contribution in [0.25, 0.3) is 0 Å². The first-order valence-corrected chi connectivity index (χ1v) is 4.83. The van der Waals surface area contributed by atoms with Crippen molar-refractivity contribution in [3.05, 3.63) is 12.7 Å². The quantitative estimate of drug-likeness (QED) is 0.507. The minimum Gasteiger partial charge on any atom is -0.103 e. The van der Waals surface area contributed by atoms with Gasteiger partial charge in [-0.3, -0.25) is 0 Å². The normalized spacial score (nSPS) is 13.5. The number of rotatable bonds is 6. The Hall–Kier alpha value is -0.260. The van der Waals surface area contributed by atoms with Crippen LogP contribution in [0.1, 0.15) is 46.5 Å². The lowest BCUT2D eigenvalue weighted by Crippen LogP contribution is -2.07. The summed E-state index contributed by atoms with van der Waals surface area (Å²) >= 11 is 0. The zero-order valence-corrected chi connectivity index (χ0v) is 8.27. The summed E-state index contributed by atoms with van der Waals surface area (Å²) in [6.45, 7) is 10.7. The molecule has 0 aromatic carbocycles. The summed E-state index contributed by atoms with van der Waals surface area (Å²) in [4.78, 5) is 0. The van der Waals surface area contributed by atoms with Crippen LogP contribution in [0.5, 0.6) is 0 Å². The predicted molar refractivity (Wildman–Crippen MR) is 52.7 cm³/mol. The third-order valence-electron chi connectivity index (χ3n) is 2.34. The molecule has 0 aliphatic heterocycles. The second kappa shape index (κ2) is 6.45. The molecule has 66 valence electrons. The summed E-state index contributed by atoms with van der Waals surface area (Å²) in [5.41, 5.74) is 0. The van der Waals surface area contributed by atoms with Crippen LogP contribution in [0.4, 0.5) is 0 Å². The Morgan fingerprint density at radius 1 is 1.36 bits per heavy atom. The van der Waals surface area contributed by atoms with Gasteiger partial charge in [-0.05, 0) is 24.7 Å². The zero-order chi connectivity index (χ0) is 8.69. The SMILES string of the molecule is C=CC[C@H](CCCC)C(C)C. The molecule has 0 N–H and O–H groups in total. The van der Waals surface area contributed by atoms with Gasteiger partial charge in [0.1, 0.15) is 0 Å². The molecule has 0 aromatic rings. The molecule has 11 heavy (non-hydrogen) atoms. The van der Waals surface area contributed by atoms with E-state index >= 15 is 0 Å². The Balaban J connectivity index is 3.59. The largest absolute Gasteiger partial charge is 0.103 e. The molecule has 0 fully saturated rings. The topological polar surface area (TPSA) is 0 Å². The summed E-state index contributed by atoms with van der Waals surface area (Å²) in [5.74, 6) is 1.69. The van der Waals surface area contributed by atoms with Crippen molar-refractivity contribution in [1.29, 1.82) is 0 Å². The van der Waals surface area contributed by atoms with Crippen molar-refractivity contribution >= 4 is 0 Å². The number of unbranched alkanes of at least 4 members (excludes halogenated alkanes) is 1. The standard InChI is InChI=1S/C11H22/c1-5-7-9-11(8-6-2)10(3)4/h6,10-11H,2,5,7-9H2,1,3-4H3/t11-/m1/s1. The van der Waals surface area contributed by atoms with E-state index < -0.39 is 0 Å². The molecule has 0 aliphatic rings. The lowest BCUT2D eigenvalue weighted by molar-refractivity contribution is 0.353. The van der Waals surface area contributed by atoms with Crippen LogP contribution in [0.2, 0.25) is 0 Å². The van der Waals surface area contributed by atoms with Gasteiger partial charge in [0, 0.05) is 0 Å². The van der Waals surface area contributed by atoms with E-state index in [1.54, 1.807) is 0 Å². The highest BCUT2D eigenvalue weighted by Crippen LogP contribution is 2.21. The molecule has 0 saturated carbocycles. The predicted octanol–water partition coefficient (Wildman–Crippen LogP) is 4.02. The van der Waals surface area contributed by atoms with E-state index in [0.29, 0.717) is 0 Å². The maximum Gasteiger partial charge on any atom is -0.0322 e. The molecule has 0 radical (unpaired) electrons. The molecule has 0 saturated heterocycles. The molecular weight excluding hydrogens is 132 g/mol. The van der Waals surface area contributed by atoms with E-state index in [0.717, 1.165) is 11.8 Å². The minimum atomic E-state index is 0.819. The molecular formula is C11H22. The fourth-order valence-corrected chi connectivity index (χ4v) is 1.40. The summed E-state index contributed by atoms with van der Waals surface area (Å²) in [6.07, 6.45) is 7.31. The fraction of sp³-hybridized carbons (Fsp3) is 0.818. The highest BCUT2D eigenvalue weighted by molar-refractivity contribution is 4.74. The number of hydrogen-bond acceptors (Lipinski definition) is 0. The molecule has 0 heteroatoms. The van der Waals surface area contributed by atoms with Crippen LogP contribution >= 0.6 is 0 Å². The van der Waals surface area contributed by atoms with E-state index in [1.165, 1.54) is 25.7 Å². The van der Waals surface area contributed by atoms with E-state index in [9.17, 15) is 0 Å². The van der Waals surface area contributed by atoms with Gasteiger partial charge in [-0.15, -0.1) is 6.58 Å². The molecule has 0 aliphatic carbocycles. The maximum absolute atomic E-state index is 3.79. The van der Waals surface area contributed by atoms with Crippen LogP contribution in [-0.2, 0) is 0 Å². The Bertz CT molecular complexity index is 92.2. The summed E-state index contributed by atoms with van der Waals surface area (Å²) in [5, 5.41) is 0. The molecule has 0 bridgehead atoms. The molecule has 1 atom stereocenters. The highest BCUT2D eigenvalue weighted by atomic mass is 14.1. The lowest BCUT2D eigenvalue weighted by Gasteiger charge is -2.18. The van der Waals surface area contributed by atoms with Gasteiger partial charge in [0.15, 0.2) is 0 Å². The van der Waals surface area contributed by atoms with E-state index in [1.807, 2.05) is 0 Å². The van der Waals surface area contributed by atoms with E-state index in [4.69, 9.17) is 0 Å². The second-order valence-corrected chi connectivity index (χ2v) is 3.67. The van der Waals surface area contributed by atoms with Crippen LogP contribution in [-0.4, -0.2) is 0 Å². The first kappa shape index (κ1) is 10.7. The zero-order valence-electron chi connectivity index (χ0n) is 8.27. The van der Waals surface area contributed by atoms with Gasteiger partial charge in [0.2, 0.25) is 0 Å². The Morgan fingerprint density at radius 2 is 2.00 bits per heavy atom. The molecule has 0 nitrogen and oxygen atoms in total. The van der Waals surface area contributed by atoms with Gasteiger partial charge in [0.25, 0.3) is 0 Å². The molecule has 0 spiro atoms. The van der Waals surface area contributed by atoms with Crippen molar-refractivity contribution < 1.29 is 0 Å². The van der Waals surface area contributed by atoms with Gasteiger partial charge in [-0.1, -0.05) is 39.7 Å². The van der Waals surface area contributed by atoms with Gasteiger partial charge >= 0.3 is 0 Å². The number of hydrogen-bond donors (Lipinski definition) is 0. The van der Waals surface area contributed by atoms with Crippen molar-refractivity contribution in [1.82, 2.24) is 0 Å². The molecule has 0 rings (SSSR count). The minimum absolute atomic E-state index is 0.819. The van der Waals surface area contributed by atoms with E-state index in [-0.39, 0.29) is 0 Å². The van der Waals surface area contributed by atoms with Crippen molar-refractivity contribution in [2.75, 3.05) is 0 Å². The van der Waals surface area contributed by atoms with Crippen LogP contribution in [0, 0.1) is 11.8 Å². The van der Waals surface area contributed by atoms with Crippen LogP contribution in [0.15, 0.2) is 12.7 Å². The smallest absolute Gasteiger partial charge is 0.0322 e. The van der Waals surface area contributed by atoms with Gasteiger partial charge < -0.3 is 0 Å². The maximum atomic E-state index is 3.79. The third-order valence-corrected chi connectivity index (χ3v) is 2.34. The van der Waals surface area contributed by atoms with Crippen LogP contribution in [0.3, 0.4) is 0 Å². The first-order chi connectivity index (χ1) is 5.22. The molecule has 0 amide bonds. The van der Waals surface area contributed by atoms with Crippen LogP contribution < -0.4 is 0 Å². The van der Waals surface area contributed by atoms with Crippen molar-refractivity contribution in [3.8, 4) is 0 Å². The fourth-order valence-electron chi connectivity index (χ4n) is 1.40. The summed E-state index contributed by atoms with van der Waals surface area (Å²) in [7, 11) is 0. The third kappa shape index (κ3) is 5.06. The molecule has 0 aromatic heterocycles. The Kier molecular flexibility index (Phi) is 6.30. The van der Waals surface area contributed by atoms with Crippen molar-refractivity contribution in [3.63, 3.8) is 0 Å². The number of allylic oxidation sites excluding steroid dienone is 1. The van der Waals surface area contributed by atoms with Crippen molar-refractivity contribution in [2.24, 2.45) is 11.8 Å². The summed E-state index contributed by atoms with van der Waals surface area (Å²) < 4.78 is 0. The average molecular weight is 154 g/mol. The van der Waals surface area contributed by atoms with Gasteiger partial charge in [-0.25, -0.2) is 0 Å². The monoisotopic (exact) mass is 154 g/mol. The molecule has 0 unspecified atom stereocenters. The van der Waals surface area contributed by atoms with Crippen molar-refractivity contribution in [2.45, 2.75) is 46.5 Å². The Labute approximate surface area is 71.7 Å². The highest BCUT2D eigenvalue weighted by Gasteiger charge is 2.09. The van der Waals surface area contributed by atoms with Gasteiger partial charge in [0.05, 0.1) is 0 Å². The van der Waals surface area contributed by atoms with E-state index in [2.05, 4.69) is 33.4 Å². The first-order valence-electron chi connectivity index (χ1n) is 4.83. The Morgan fingerprint density at radius 3 is 2.36 bits per heavy atom. The lowest BCUT2D eigenvalue weighted by atomic mass is 9.88.